The number of furan rings is 1. The maximum Gasteiger partial charge on any atom is 0.333 e. The van der Waals surface area contributed by atoms with Crippen molar-refractivity contribution in [2.75, 3.05) is 20.7 Å². The van der Waals surface area contributed by atoms with Crippen LogP contribution in [0.15, 0.2) is 46.6 Å². The lowest BCUT2D eigenvalue weighted by atomic mass is 9.76. The molecular weight excluding hydrogens is 494 g/mol. The van der Waals surface area contributed by atoms with Crippen LogP contribution in [0.4, 0.5) is 0 Å². The number of hydrogen-bond acceptors (Lipinski definition) is 6. The summed E-state index contributed by atoms with van der Waals surface area (Å²) in [5.74, 6) is -0.897. The Labute approximate surface area is 233 Å². The van der Waals surface area contributed by atoms with Crippen LogP contribution < -0.4 is 10.6 Å². The largest absolute Gasteiger partial charge is 0.464 e. The molecule has 3 atom stereocenters. The van der Waals surface area contributed by atoms with E-state index in [1.807, 2.05) is 72.7 Å². The van der Waals surface area contributed by atoms with Gasteiger partial charge in [-0.1, -0.05) is 72.7 Å². The second kappa shape index (κ2) is 12.8. The quantitative estimate of drug-likeness (QED) is 0.312. The summed E-state index contributed by atoms with van der Waals surface area (Å²) in [6.07, 6.45) is 3.47. The van der Waals surface area contributed by atoms with Gasteiger partial charge in [0, 0.05) is 29.0 Å². The minimum Gasteiger partial charge on any atom is -0.464 e. The van der Waals surface area contributed by atoms with Gasteiger partial charge in [-0.25, -0.2) is 4.79 Å². The van der Waals surface area contributed by atoms with Gasteiger partial charge in [0.2, 0.25) is 11.8 Å². The molecule has 0 aliphatic heterocycles. The predicted molar refractivity (Wildman–Crippen MR) is 155 cm³/mol. The minimum atomic E-state index is -0.805. The smallest absolute Gasteiger partial charge is 0.333 e. The molecule has 39 heavy (non-hydrogen) atoms. The first-order valence-electron chi connectivity index (χ1n) is 13.6. The Morgan fingerprint density at radius 3 is 2.23 bits per heavy atom. The fourth-order valence-corrected chi connectivity index (χ4v) is 5.00. The highest BCUT2D eigenvalue weighted by Gasteiger charge is 2.42. The lowest BCUT2D eigenvalue weighted by Gasteiger charge is -2.39. The summed E-state index contributed by atoms with van der Waals surface area (Å²) < 4.78 is 10.9. The molecule has 0 spiro atoms. The van der Waals surface area contributed by atoms with Crippen molar-refractivity contribution < 1.29 is 23.5 Å². The summed E-state index contributed by atoms with van der Waals surface area (Å²) in [6, 6.07) is 5.92. The van der Waals surface area contributed by atoms with Crippen molar-refractivity contribution in [2.24, 2.45) is 11.3 Å². The first kappa shape index (κ1) is 32.1. The topological polar surface area (TPSA) is 101 Å². The van der Waals surface area contributed by atoms with E-state index in [4.69, 9.17) is 9.15 Å². The highest BCUT2D eigenvalue weighted by atomic mass is 16.5. The molecule has 0 radical (unpaired) electrons. The standard InChI is InChI=1S/C31H47N3O5/c1-12-38-29(37)20(4)17-23(19(2)3)34(11)28(36)26(30(5,6)7)33-27(35)25(32-10)31(8,9)22-18-39-24-16-14-13-15-21(22)24/h13-19,23,25-26,32H,12H2,1-11H3,(H,33,35)/b20-17+/t23-,25-,26-/m1/s1. The molecule has 1 aromatic heterocycles. The van der Waals surface area contributed by atoms with Gasteiger partial charge in [0.25, 0.3) is 0 Å². The average molecular weight is 542 g/mol. The summed E-state index contributed by atoms with van der Waals surface area (Å²) >= 11 is 0. The number of nitrogens with one attached hydrogen (secondary N) is 2. The number of rotatable bonds is 11. The number of nitrogens with zero attached hydrogens (tertiary/aromatic N) is 1. The molecule has 0 aliphatic rings. The number of fused-ring (bicyclic) bond motifs is 1. The number of carbonyl (C=O) groups excluding carboxylic acids is 3. The number of amides is 2. The van der Waals surface area contributed by atoms with Crippen LogP contribution in [0.1, 0.15) is 67.9 Å². The van der Waals surface area contributed by atoms with E-state index in [1.54, 1.807) is 45.2 Å². The zero-order chi connectivity index (χ0) is 29.7. The minimum absolute atomic E-state index is 0.0259. The molecular formula is C31H47N3O5. The van der Waals surface area contributed by atoms with Crippen molar-refractivity contribution in [3.63, 3.8) is 0 Å². The molecule has 1 heterocycles. The van der Waals surface area contributed by atoms with E-state index in [-0.39, 0.29) is 30.4 Å². The van der Waals surface area contributed by atoms with Gasteiger partial charge in [0.15, 0.2) is 0 Å². The molecule has 2 N–H and O–H groups in total. The zero-order valence-corrected chi connectivity index (χ0v) is 25.5. The molecule has 2 amide bonds. The van der Waals surface area contributed by atoms with E-state index in [0.717, 1.165) is 16.5 Å². The molecule has 2 aromatic rings. The van der Waals surface area contributed by atoms with Gasteiger partial charge in [-0.3, -0.25) is 9.59 Å². The summed E-state index contributed by atoms with van der Waals surface area (Å²) in [5, 5.41) is 7.18. The Hall–Kier alpha value is -3.13. The van der Waals surface area contributed by atoms with E-state index >= 15 is 0 Å². The molecule has 216 valence electrons. The number of likely N-dealkylation sites (N-methyl/N-ethyl adjacent to an activating group) is 2. The van der Waals surface area contributed by atoms with Gasteiger partial charge in [-0.2, -0.15) is 0 Å². The van der Waals surface area contributed by atoms with Crippen LogP contribution in [-0.2, 0) is 24.5 Å². The summed E-state index contributed by atoms with van der Waals surface area (Å²) in [7, 11) is 3.45. The van der Waals surface area contributed by atoms with Crippen LogP contribution in [0.2, 0.25) is 0 Å². The monoisotopic (exact) mass is 541 g/mol. The summed E-state index contributed by atoms with van der Waals surface area (Å²) in [5.41, 5.74) is 0.875. The van der Waals surface area contributed by atoms with Crippen LogP contribution in [0, 0.1) is 11.3 Å². The van der Waals surface area contributed by atoms with E-state index in [1.165, 1.54) is 0 Å². The van der Waals surface area contributed by atoms with Gasteiger partial charge in [0.05, 0.1) is 25.0 Å². The molecule has 8 nitrogen and oxygen atoms in total. The Kier molecular flexibility index (Phi) is 10.5. The third-order valence-electron chi connectivity index (χ3n) is 7.34. The van der Waals surface area contributed by atoms with Crippen molar-refractivity contribution >= 4 is 28.8 Å². The van der Waals surface area contributed by atoms with Crippen LogP contribution in [-0.4, -0.2) is 61.5 Å². The molecule has 1 aromatic carbocycles. The third-order valence-corrected chi connectivity index (χ3v) is 7.34. The number of hydrogen-bond donors (Lipinski definition) is 2. The highest BCUT2D eigenvalue weighted by molar-refractivity contribution is 5.93. The molecule has 0 aliphatic carbocycles. The van der Waals surface area contributed by atoms with Gasteiger partial charge in [-0.15, -0.1) is 0 Å². The average Bonchev–Trinajstić information content (AvgIpc) is 3.29. The highest BCUT2D eigenvalue weighted by Crippen LogP contribution is 2.35. The third kappa shape index (κ3) is 7.29. The Morgan fingerprint density at radius 1 is 1.08 bits per heavy atom. The lowest BCUT2D eigenvalue weighted by Crippen LogP contribution is -2.61. The fraction of sp³-hybridized carbons (Fsp3) is 0.581. The van der Waals surface area contributed by atoms with Gasteiger partial charge >= 0.3 is 5.97 Å². The van der Waals surface area contributed by atoms with E-state index in [2.05, 4.69) is 10.6 Å². The predicted octanol–water partition coefficient (Wildman–Crippen LogP) is 4.82. The van der Waals surface area contributed by atoms with Crippen LogP contribution in [0.5, 0.6) is 0 Å². The Bertz CT molecular complexity index is 1190. The van der Waals surface area contributed by atoms with Crippen LogP contribution >= 0.6 is 0 Å². The Balaban J connectivity index is 2.38. The molecule has 8 heteroatoms. The summed E-state index contributed by atoms with van der Waals surface area (Å²) in [6.45, 7) is 17.5. The summed E-state index contributed by atoms with van der Waals surface area (Å²) in [4.78, 5) is 41.6. The van der Waals surface area contributed by atoms with Gasteiger partial charge in [0.1, 0.15) is 11.6 Å². The van der Waals surface area contributed by atoms with Crippen molar-refractivity contribution in [2.45, 2.75) is 85.9 Å². The van der Waals surface area contributed by atoms with Crippen LogP contribution in [0.25, 0.3) is 11.0 Å². The SMILES string of the molecule is CCOC(=O)/C(C)=C/[C@H](C(C)C)N(C)C(=O)[C@@H](NC(=O)[C@@H](NC)C(C)(C)c1coc2ccccc12)C(C)(C)C. The van der Waals surface area contributed by atoms with Crippen molar-refractivity contribution in [1.29, 1.82) is 0 Å². The Morgan fingerprint density at radius 2 is 1.69 bits per heavy atom. The maximum absolute atomic E-state index is 13.9. The second-order valence-corrected chi connectivity index (χ2v) is 12.2. The number of benzene rings is 1. The van der Waals surface area contributed by atoms with Gasteiger partial charge in [-0.05, 0) is 38.3 Å². The molecule has 0 fully saturated rings. The number of carbonyl (C=O) groups is 3. The van der Waals surface area contributed by atoms with Gasteiger partial charge < -0.3 is 24.7 Å². The molecule has 0 saturated heterocycles. The van der Waals surface area contributed by atoms with Crippen LogP contribution in [0.3, 0.4) is 0 Å². The molecule has 0 saturated carbocycles. The van der Waals surface area contributed by atoms with Crippen molar-refractivity contribution in [3.05, 3.63) is 47.7 Å². The second-order valence-electron chi connectivity index (χ2n) is 12.2. The number of para-hydroxylation sites is 1. The zero-order valence-electron chi connectivity index (χ0n) is 25.5. The lowest BCUT2D eigenvalue weighted by molar-refractivity contribution is -0.141. The van der Waals surface area contributed by atoms with Crippen molar-refractivity contribution in [3.8, 4) is 0 Å². The number of esters is 1. The first-order valence-corrected chi connectivity index (χ1v) is 13.6. The van der Waals surface area contributed by atoms with E-state index in [9.17, 15) is 14.4 Å². The molecule has 0 unspecified atom stereocenters. The molecule has 2 rings (SSSR count). The fourth-order valence-electron chi connectivity index (χ4n) is 5.00. The van der Waals surface area contributed by atoms with Crippen molar-refractivity contribution in [1.82, 2.24) is 15.5 Å². The van der Waals surface area contributed by atoms with E-state index in [0.29, 0.717) is 5.57 Å². The van der Waals surface area contributed by atoms with E-state index < -0.39 is 28.9 Å². The number of ether oxygens (including phenoxy) is 1. The maximum atomic E-state index is 13.9. The molecule has 0 bridgehead atoms. The normalized spacial score (nSPS) is 15.1. The first-order chi connectivity index (χ1) is 18.1.